The monoisotopic (exact) mass is 255 g/mol. The summed E-state index contributed by atoms with van der Waals surface area (Å²) in [7, 11) is 2.29. The Labute approximate surface area is 114 Å². The van der Waals surface area contributed by atoms with Crippen LogP contribution in [-0.2, 0) is 0 Å². The lowest BCUT2D eigenvalue weighted by Gasteiger charge is -2.31. The molecule has 0 aliphatic heterocycles. The molecule has 1 saturated carbocycles. The molecule has 1 N–H and O–H groups in total. The smallest absolute Gasteiger partial charge is 0.0107 e. The Morgan fingerprint density at radius 2 is 1.56 bits per heavy atom. The Morgan fingerprint density at radius 3 is 2.17 bits per heavy atom. The first kappa shape index (κ1) is 15.9. The Morgan fingerprint density at radius 1 is 0.944 bits per heavy atom. The van der Waals surface area contributed by atoms with Crippen molar-refractivity contribution in [1.29, 1.82) is 0 Å². The molecule has 0 atom stereocenters. The van der Waals surface area contributed by atoms with Gasteiger partial charge in [0.1, 0.15) is 0 Å². The summed E-state index contributed by atoms with van der Waals surface area (Å²) in [5.41, 5.74) is 0. The Hall–Kier alpha value is -0.120. The molecule has 0 spiro atoms. The van der Waals surface area contributed by atoms with Gasteiger partial charge in [0.15, 0.2) is 0 Å². The van der Waals surface area contributed by atoms with E-state index in [0.717, 1.165) is 19.1 Å². The zero-order valence-corrected chi connectivity index (χ0v) is 12.7. The normalized spacial score (nSPS) is 17.8. The molecule has 1 fully saturated rings. The maximum Gasteiger partial charge on any atom is 0.0107 e. The van der Waals surface area contributed by atoms with Crippen molar-refractivity contribution in [2.45, 2.75) is 52.0 Å². The molecular formula is C15H33N3. The van der Waals surface area contributed by atoms with Crippen LogP contribution < -0.4 is 5.32 Å². The Kier molecular flexibility index (Phi) is 8.64. The minimum Gasteiger partial charge on any atom is -0.314 e. The molecule has 0 unspecified atom stereocenters. The molecule has 0 amide bonds. The standard InChI is InChI=1S/C15H33N3/c1-4-18(5-2)14-12-16-11-13-17(3)15-9-7-6-8-10-15/h15-16H,4-14H2,1-3H3. The van der Waals surface area contributed by atoms with Gasteiger partial charge in [-0.1, -0.05) is 33.1 Å². The minimum atomic E-state index is 0.850. The lowest BCUT2D eigenvalue weighted by atomic mass is 9.94. The number of rotatable bonds is 9. The summed E-state index contributed by atoms with van der Waals surface area (Å²) in [6.07, 6.45) is 7.15. The predicted molar refractivity (Wildman–Crippen MR) is 80.2 cm³/mol. The highest BCUT2D eigenvalue weighted by molar-refractivity contribution is 4.73. The lowest BCUT2D eigenvalue weighted by molar-refractivity contribution is 0.191. The first-order valence-electron chi connectivity index (χ1n) is 7.91. The maximum absolute atomic E-state index is 3.57. The van der Waals surface area contributed by atoms with Gasteiger partial charge in [-0.3, -0.25) is 0 Å². The highest BCUT2D eigenvalue weighted by Crippen LogP contribution is 2.21. The van der Waals surface area contributed by atoms with Gasteiger partial charge >= 0.3 is 0 Å². The summed E-state index contributed by atoms with van der Waals surface area (Å²) in [5, 5.41) is 3.57. The molecule has 1 aliphatic carbocycles. The molecule has 0 bridgehead atoms. The van der Waals surface area contributed by atoms with Crippen molar-refractivity contribution in [2.75, 3.05) is 46.3 Å². The molecule has 0 saturated heterocycles. The third-order valence-electron chi connectivity index (χ3n) is 4.34. The van der Waals surface area contributed by atoms with Crippen LogP contribution in [0.25, 0.3) is 0 Å². The molecule has 0 radical (unpaired) electrons. The molecule has 3 heteroatoms. The van der Waals surface area contributed by atoms with Crippen molar-refractivity contribution >= 4 is 0 Å². The molecule has 0 aromatic carbocycles. The van der Waals surface area contributed by atoms with Crippen LogP contribution >= 0.6 is 0 Å². The minimum absolute atomic E-state index is 0.850. The molecule has 108 valence electrons. The van der Waals surface area contributed by atoms with E-state index in [1.165, 1.54) is 58.3 Å². The van der Waals surface area contributed by atoms with Crippen molar-refractivity contribution in [3.05, 3.63) is 0 Å². The Bertz CT molecular complexity index is 186. The average molecular weight is 255 g/mol. The second kappa shape index (κ2) is 9.76. The topological polar surface area (TPSA) is 18.5 Å². The van der Waals surface area contributed by atoms with Gasteiger partial charge in [-0.05, 0) is 33.0 Å². The molecule has 0 heterocycles. The number of nitrogens with one attached hydrogen (secondary N) is 1. The van der Waals surface area contributed by atoms with Gasteiger partial charge < -0.3 is 15.1 Å². The van der Waals surface area contributed by atoms with Gasteiger partial charge in [0, 0.05) is 32.2 Å². The second-order valence-electron chi connectivity index (χ2n) is 5.55. The van der Waals surface area contributed by atoms with Crippen LogP contribution in [-0.4, -0.2) is 62.2 Å². The summed E-state index contributed by atoms with van der Waals surface area (Å²) in [5.74, 6) is 0. The third-order valence-corrected chi connectivity index (χ3v) is 4.34. The highest BCUT2D eigenvalue weighted by Gasteiger charge is 2.16. The fourth-order valence-electron chi connectivity index (χ4n) is 2.86. The predicted octanol–water partition coefficient (Wildman–Crippen LogP) is 2.18. The second-order valence-corrected chi connectivity index (χ2v) is 5.55. The van der Waals surface area contributed by atoms with E-state index >= 15 is 0 Å². The van der Waals surface area contributed by atoms with Crippen molar-refractivity contribution in [1.82, 2.24) is 15.1 Å². The average Bonchev–Trinajstić information content (AvgIpc) is 2.43. The number of hydrogen-bond acceptors (Lipinski definition) is 3. The number of likely N-dealkylation sites (N-methyl/N-ethyl adjacent to an activating group) is 2. The van der Waals surface area contributed by atoms with Crippen molar-refractivity contribution in [2.24, 2.45) is 0 Å². The van der Waals surface area contributed by atoms with Gasteiger partial charge in [0.05, 0.1) is 0 Å². The van der Waals surface area contributed by atoms with Gasteiger partial charge in [-0.25, -0.2) is 0 Å². The van der Waals surface area contributed by atoms with E-state index in [4.69, 9.17) is 0 Å². The van der Waals surface area contributed by atoms with Gasteiger partial charge in [-0.15, -0.1) is 0 Å². The number of hydrogen-bond donors (Lipinski definition) is 1. The van der Waals surface area contributed by atoms with Crippen molar-refractivity contribution in [3.8, 4) is 0 Å². The fraction of sp³-hybridized carbons (Fsp3) is 1.00. The first-order valence-corrected chi connectivity index (χ1v) is 7.91. The largest absolute Gasteiger partial charge is 0.314 e. The van der Waals surface area contributed by atoms with E-state index in [0.29, 0.717) is 0 Å². The summed E-state index contributed by atoms with van der Waals surface area (Å²) < 4.78 is 0. The zero-order chi connectivity index (χ0) is 13.2. The Balaban J connectivity index is 1.99. The zero-order valence-electron chi connectivity index (χ0n) is 12.7. The molecule has 1 rings (SSSR count). The summed E-state index contributed by atoms with van der Waals surface area (Å²) >= 11 is 0. The fourth-order valence-corrected chi connectivity index (χ4v) is 2.86. The van der Waals surface area contributed by atoms with Crippen LogP contribution in [0.1, 0.15) is 46.0 Å². The van der Waals surface area contributed by atoms with Crippen LogP contribution in [0.4, 0.5) is 0 Å². The first-order chi connectivity index (χ1) is 8.77. The molecular weight excluding hydrogens is 222 g/mol. The van der Waals surface area contributed by atoms with E-state index in [2.05, 4.69) is 36.0 Å². The summed E-state index contributed by atoms with van der Waals surface area (Å²) in [6, 6.07) is 0.850. The van der Waals surface area contributed by atoms with E-state index in [9.17, 15) is 0 Å². The van der Waals surface area contributed by atoms with E-state index in [1.54, 1.807) is 0 Å². The van der Waals surface area contributed by atoms with Crippen LogP contribution in [0.2, 0.25) is 0 Å². The summed E-state index contributed by atoms with van der Waals surface area (Å²) in [6.45, 7) is 11.4. The van der Waals surface area contributed by atoms with E-state index in [1.807, 2.05) is 0 Å². The summed E-state index contributed by atoms with van der Waals surface area (Å²) in [4.78, 5) is 5.03. The van der Waals surface area contributed by atoms with Crippen LogP contribution in [0.15, 0.2) is 0 Å². The SMILES string of the molecule is CCN(CC)CCNCCN(C)C1CCCCC1. The maximum atomic E-state index is 3.57. The third kappa shape index (κ3) is 6.17. The lowest BCUT2D eigenvalue weighted by Crippen LogP contribution is -2.39. The number of nitrogens with zero attached hydrogens (tertiary/aromatic N) is 2. The quantitative estimate of drug-likeness (QED) is 0.637. The molecule has 0 aromatic heterocycles. The van der Waals surface area contributed by atoms with Crippen LogP contribution in [0, 0.1) is 0 Å². The van der Waals surface area contributed by atoms with Crippen LogP contribution in [0.5, 0.6) is 0 Å². The van der Waals surface area contributed by atoms with Crippen molar-refractivity contribution < 1.29 is 0 Å². The van der Waals surface area contributed by atoms with Crippen LogP contribution in [0.3, 0.4) is 0 Å². The molecule has 1 aliphatic rings. The van der Waals surface area contributed by atoms with Gasteiger partial charge in [0.2, 0.25) is 0 Å². The molecule has 0 aromatic rings. The van der Waals surface area contributed by atoms with E-state index < -0.39 is 0 Å². The van der Waals surface area contributed by atoms with Crippen molar-refractivity contribution in [3.63, 3.8) is 0 Å². The van der Waals surface area contributed by atoms with E-state index in [-0.39, 0.29) is 0 Å². The molecule has 3 nitrogen and oxygen atoms in total. The molecule has 18 heavy (non-hydrogen) atoms. The highest BCUT2D eigenvalue weighted by atomic mass is 15.2. The van der Waals surface area contributed by atoms with Gasteiger partial charge in [-0.2, -0.15) is 0 Å². The van der Waals surface area contributed by atoms with Gasteiger partial charge in [0.25, 0.3) is 0 Å².